The number of hydrogen-bond donors (Lipinski definition) is 2. The van der Waals surface area contributed by atoms with E-state index in [-0.39, 0.29) is 6.10 Å². The Bertz CT molecular complexity index is 253. The van der Waals surface area contributed by atoms with E-state index in [0.29, 0.717) is 12.6 Å². The monoisotopic (exact) mass is 283 g/mol. The van der Waals surface area contributed by atoms with Gasteiger partial charge in [-0.05, 0) is 37.6 Å². The molecule has 2 rings (SSSR count). The lowest BCUT2D eigenvalue weighted by atomic mass is 9.71. The molecule has 0 aromatic heterocycles. The molecule has 0 aliphatic heterocycles. The van der Waals surface area contributed by atoms with Crippen molar-refractivity contribution in [1.29, 1.82) is 0 Å². The van der Waals surface area contributed by atoms with Crippen molar-refractivity contribution < 1.29 is 9.84 Å². The largest absolute Gasteiger partial charge is 0.391 e. The molecule has 0 heterocycles. The molecule has 0 radical (unpaired) electrons. The summed E-state index contributed by atoms with van der Waals surface area (Å²) in [4.78, 5) is 0. The van der Waals surface area contributed by atoms with Crippen LogP contribution in [0, 0.1) is 11.8 Å². The molecule has 0 saturated heterocycles. The van der Waals surface area contributed by atoms with Crippen molar-refractivity contribution in [1.82, 2.24) is 5.32 Å². The van der Waals surface area contributed by atoms with Gasteiger partial charge in [-0.15, -0.1) is 0 Å². The maximum atomic E-state index is 9.73. The third-order valence-electron chi connectivity index (χ3n) is 5.32. The second-order valence-corrected chi connectivity index (χ2v) is 6.80. The highest BCUT2D eigenvalue weighted by Crippen LogP contribution is 2.38. The Morgan fingerprint density at radius 3 is 2.50 bits per heavy atom. The lowest BCUT2D eigenvalue weighted by Crippen LogP contribution is -2.43. The van der Waals surface area contributed by atoms with Crippen LogP contribution in [0.25, 0.3) is 0 Å². The van der Waals surface area contributed by atoms with Gasteiger partial charge in [0.25, 0.3) is 0 Å². The van der Waals surface area contributed by atoms with Crippen molar-refractivity contribution in [2.75, 3.05) is 20.3 Å². The van der Waals surface area contributed by atoms with E-state index in [1.165, 1.54) is 57.8 Å². The summed E-state index contributed by atoms with van der Waals surface area (Å²) >= 11 is 0. The quantitative estimate of drug-likeness (QED) is 0.754. The van der Waals surface area contributed by atoms with Crippen LogP contribution in [0.3, 0.4) is 0 Å². The molecule has 3 atom stereocenters. The molecular formula is C17H33NO2. The summed E-state index contributed by atoms with van der Waals surface area (Å²) in [5, 5.41) is 13.5. The van der Waals surface area contributed by atoms with Gasteiger partial charge in [-0.25, -0.2) is 0 Å². The van der Waals surface area contributed by atoms with Crippen LogP contribution in [-0.4, -0.2) is 37.5 Å². The van der Waals surface area contributed by atoms with Crippen molar-refractivity contribution in [2.45, 2.75) is 76.4 Å². The first-order chi connectivity index (χ1) is 9.81. The number of methoxy groups -OCH3 is 1. The zero-order valence-electron chi connectivity index (χ0n) is 13.2. The van der Waals surface area contributed by atoms with Crippen molar-refractivity contribution in [3.05, 3.63) is 0 Å². The molecule has 2 saturated carbocycles. The highest BCUT2D eigenvalue weighted by atomic mass is 16.5. The lowest BCUT2D eigenvalue weighted by Gasteiger charge is -2.39. The molecule has 3 heteroatoms. The molecule has 0 spiro atoms. The van der Waals surface area contributed by atoms with E-state index >= 15 is 0 Å². The van der Waals surface area contributed by atoms with Gasteiger partial charge in [0.1, 0.15) is 0 Å². The Kier molecular flexibility index (Phi) is 7.32. The number of aliphatic hydroxyl groups excluding tert-OH is 1. The average molecular weight is 283 g/mol. The fourth-order valence-corrected chi connectivity index (χ4v) is 4.25. The maximum absolute atomic E-state index is 9.73. The number of ether oxygens (including phenoxy) is 1. The van der Waals surface area contributed by atoms with Crippen LogP contribution >= 0.6 is 0 Å². The summed E-state index contributed by atoms with van der Waals surface area (Å²) in [6, 6.07) is 0.696. The minimum absolute atomic E-state index is 0.316. The van der Waals surface area contributed by atoms with Crippen LogP contribution in [0.2, 0.25) is 0 Å². The minimum atomic E-state index is -0.316. The van der Waals surface area contributed by atoms with Crippen LogP contribution in [0.15, 0.2) is 0 Å². The van der Waals surface area contributed by atoms with Crippen molar-refractivity contribution in [2.24, 2.45) is 11.8 Å². The Labute approximate surface area is 124 Å². The van der Waals surface area contributed by atoms with Crippen LogP contribution in [0.5, 0.6) is 0 Å². The molecule has 3 unspecified atom stereocenters. The molecule has 0 amide bonds. The van der Waals surface area contributed by atoms with Gasteiger partial charge in [0.2, 0.25) is 0 Å². The van der Waals surface area contributed by atoms with Gasteiger partial charge in [0, 0.05) is 13.2 Å². The van der Waals surface area contributed by atoms with E-state index in [9.17, 15) is 5.11 Å². The molecule has 0 bridgehead atoms. The zero-order valence-corrected chi connectivity index (χ0v) is 13.2. The molecular weight excluding hydrogens is 250 g/mol. The summed E-state index contributed by atoms with van der Waals surface area (Å²) in [6.07, 6.45) is 13.3. The fourth-order valence-electron chi connectivity index (χ4n) is 4.25. The molecule has 2 fully saturated rings. The Morgan fingerprint density at radius 1 is 1.05 bits per heavy atom. The molecule has 0 aromatic rings. The van der Waals surface area contributed by atoms with Crippen molar-refractivity contribution in [3.63, 3.8) is 0 Å². The number of hydrogen-bond acceptors (Lipinski definition) is 3. The molecule has 2 N–H and O–H groups in total. The van der Waals surface area contributed by atoms with Gasteiger partial charge in [-0.2, -0.15) is 0 Å². The highest BCUT2D eigenvalue weighted by Gasteiger charge is 2.32. The molecule has 118 valence electrons. The van der Waals surface area contributed by atoms with E-state index in [2.05, 4.69) is 5.32 Å². The van der Waals surface area contributed by atoms with E-state index in [0.717, 1.165) is 24.8 Å². The predicted molar refractivity (Wildman–Crippen MR) is 82.8 cm³/mol. The van der Waals surface area contributed by atoms with E-state index in [1.54, 1.807) is 7.11 Å². The topological polar surface area (TPSA) is 41.5 Å². The summed E-state index contributed by atoms with van der Waals surface area (Å²) in [5.41, 5.74) is 0. The first-order valence-electron chi connectivity index (χ1n) is 8.71. The van der Waals surface area contributed by atoms with E-state index in [4.69, 9.17) is 4.74 Å². The Balaban J connectivity index is 1.74. The average Bonchev–Trinajstić information content (AvgIpc) is 2.49. The second kappa shape index (κ2) is 9.01. The lowest BCUT2D eigenvalue weighted by molar-refractivity contribution is 0.0571. The predicted octanol–water partition coefficient (Wildman–Crippen LogP) is 3.11. The SMILES string of the molecule is COCC(O)CCNC1CCCCC1C1CCCCC1. The maximum Gasteiger partial charge on any atom is 0.0785 e. The van der Waals surface area contributed by atoms with E-state index < -0.39 is 0 Å². The van der Waals surface area contributed by atoms with Crippen LogP contribution in [-0.2, 0) is 4.74 Å². The van der Waals surface area contributed by atoms with Crippen LogP contribution in [0.4, 0.5) is 0 Å². The normalized spacial score (nSPS) is 30.3. The molecule has 2 aliphatic carbocycles. The van der Waals surface area contributed by atoms with Gasteiger partial charge in [0.05, 0.1) is 12.7 Å². The smallest absolute Gasteiger partial charge is 0.0785 e. The molecule has 3 nitrogen and oxygen atoms in total. The van der Waals surface area contributed by atoms with Crippen molar-refractivity contribution in [3.8, 4) is 0 Å². The van der Waals surface area contributed by atoms with Crippen LogP contribution < -0.4 is 5.32 Å². The third-order valence-corrected chi connectivity index (χ3v) is 5.32. The first-order valence-corrected chi connectivity index (χ1v) is 8.71. The standard InChI is InChI=1S/C17H33NO2/c1-20-13-15(19)11-12-18-17-10-6-5-9-16(17)14-7-3-2-4-8-14/h14-19H,2-13H2,1H3. The number of nitrogens with one attached hydrogen (secondary N) is 1. The van der Waals surface area contributed by atoms with E-state index in [1.807, 2.05) is 0 Å². The fraction of sp³-hybridized carbons (Fsp3) is 1.00. The Hall–Kier alpha value is -0.120. The Morgan fingerprint density at radius 2 is 1.75 bits per heavy atom. The molecule has 0 aromatic carbocycles. The number of rotatable bonds is 7. The second-order valence-electron chi connectivity index (χ2n) is 6.80. The van der Waals surface area contributed by atoms with Gasteiger partial charge in [0.15, 0.2) is 0 Å². The van der Waals surface area contributed by atoms with Gasteiger partial charge in [-0.1, -0.05) is 44.9 Å². The minimum Gasteiger partial charge on any atom is -0.391 e. The number of aliphatic hydroxyl groups is 1. The van der Waals surface area contributed by atoms with Gasteiger partial charge < -0.3 is 15.2 Å². The summed E-state index contributed by atoms with van der Waals surface area (Å²) in [7, 11) is 1.65. The summed E-state index contributed by atoms with van der Waals surface area (Å²) in [5.74, 6) is 1.86. The van der Waals surface area contributed by atoms with Gasteiger partial charge in [-0.3, -0.25) is 0 Å². The van der Waals surface area contributed by atoms with Crippen LogP contribution in [0.1, 0.15) is 64.2 Å². The molecule has 20 heavy (non-hydrogen) atoms. The van der Waals surface area contributed by atoms with Gasteiger partial charge >= 0.3 is 0 Å². The third kappa shape index (κ3) is 5.01. The summed E-state index contributed by atoms with van der Waals surface area (Å²) in [6.45, 7) is 1.39. The summed E-state index contributed by atoms with van der Waals surface area (Å²) < 4.78 is 4.98. The highest BCUT2D eigenvalue weighted by molar-refractivity contribution is 4.87. The van der Waals surface area contributed by atoms with Crippen molar-refractivity contribution >= 4 is 0 Å². The first kappa shape index (κ1) is 16.3. The molecule has 2 aliphatic rings. The zero-order chi connectivity index (χ0) is 14.2.